The van der Waals surface area contributed by atoms with Gasteiger partial charge >= 0.3 is 0 Å². The van der Waals surface area contributed by atoms with E-state index in [4.69, 9.17) is 16.3 Å². The number of aliphatic hydroxyl groups is 1. The highest BCUT2D eigenvalue weighted by Crippen LogP contribution is 2.35. The lowest BCUT2D eigenvalue weighted by Crippen LogP contribution is -2.22. The molecule has 0 spiro atoms. The zero-order valence-electron chi connectivity index (χ0n) is 7.33. The molecule has 0 fully saturated rings. The second-order valence-corrected chi connectivity index (χ2v) is 3.80. The lowest BCUT2D eigenvalue weighted by atomic mass is 10.00. The topological polar surface area (TPSA) is 29.5 Å². The largest absolute Gasteiger partial charge is 0.490 e. The second kappa shape index (κ2) is 3.20. The Morgan fingerprint density at radius 1 is 1.54 bits per heavy atom. The normalized spacial score (nSPS) is 26.4. The van der Waals surface area contributed by atoms with Crippen LogP contribution >= 0.6 is 11.6 Å². The SMILES string of the molecule is C[C@H]1C[C@@H](O)c2cc(Cl)ccc2O1. The van der Waals surface area contributed by atoms with E-state index in [9.17, 15) is 5.11 Å². The molecule has 1 aromatic carbocycles. The first-order valence-electron chi connectivity index (χ1n) is 4.31. The smallest absolute Gasteiger partial charge is 0.125 e. The number of fused-ring (bicyclic) bond motifs is 1. The first-order valence-corrected chi connectivity index (χ1v) is 4.69. The fourth-order valence-corrected chi connectivity index (χ4v) is 1.77. The minimum absolute atomic E-state index is 0.0728. The molecule has 0 aliphatic carbocycles. The molecule has 0 unspecified atom stereocenters. The van der Waals surface area contributed by atoms with E-state index < -0.39 is 6.10 Å². The number of benzene rings is 1. The Hall–Kier alpha value is -0.730. The summed E-state index contributed by atoms with van der Waals surface area (Å²) in [5, 5.41) is 10.4. The lowest BCUT2D eigenvalue weighted by molar-refractivity contribution is 0.0749. The van der Waals surface area contributed by atoms with Crippen LogP contribution in [0, 0.1) is 0 Å². The van der Waals surface area contributed by atoms with Crippen molar-refractivity contribution in [3.05, 3.63) is 28.8 Å². The van der Waals surface area contributed by atoms with Crippen LogP contribution in [0.3, 0.4) is 0 Å². The van der Waals surface area contributed by atoms with Gasteiger partial charge in [0, 0.05) is 17.0 Å². The fourth-order valence-electron chi connectivity index (χ4n) is 1.59. The first-order chi connectivity index (χ1) is 6.16. The van der Waals surface area contributed by atoms with Crippen molar-refractivity contribution in [3.8, 4) is 5.75 Å². The molecule has 2 rings (SSSR count). The Bertz CT molecular complexity index is 325. The van der Waals surface area contributed by atoms with Crippen molar-refractivity contribution in [2.45, 2.75) is 25.6 Å². The molecule has 1 heterocycles. The van der Waals surface area contributed by atoms with Crippen LogP contribution in [0.5, 0.6) is 5.75 Å². The molecule has 1 aromatic rings. The van der Waals surface area contributed by atoms with Crippen LogP contribution in [0.25, 0.3) is 0 Å². The molecule has 2 atom stereocenters. The molecule has 0 bridgehead atoms. The van der Waals surface area contributed by atoms with E-state index in [1.165, 1.54) is 0 Å². The van der Waals surface area contributed by atoms with E-state index >= 15 is 0 Å². The fraction of sp³-hybridized carbons (Fsp3) is 0.400. The molecule has 1 N–H and O–H groups in total. The summed E-state index contributed by atoms with van der Waals surface area (Å²) in [6, 6.07) is 5.33. The van der Waals surface area contributed by atoms with Crippen molar-refractivity contribution in [2.75, 3.05) is 0 Å². The van der Waals surface area contributed by atoms with Gasteiger partial charge in [0.2, 0.25) is 0 Å². The van der Waals surface area contributed by atoms with Crippen LogP contribution in [0.15, 0.2) is 18.2 Å². The molecule has 0 amide bonds. The Morgan fingerprint density at radius 3 is 3.08 bits per heavy atom. The minimum Gasteiger partial charge on any atom is -0.490 e. The van der Waals surface area contributed by atoms with Gasteiger partial charge < -0.3 is 9.84 Å². The Labute approximate surface area is 82.1 Å². The maximum atomic E-state index is 9.72. The molecule has 0 radical (unpaired) electrons. The molecule has 13 heavy (non-hydrogen) atoms. The van der Waals surface area contributed by atoms with Gasteiger partial charge in [-0.2, -0.15) is 0 Å². The summed E-state index contributed by atoms with van der Waals surface area (Å²) in [7, 11) is 0. The number of rotatable bonds is 0. The molecule has 0 aromatic heterocycles. The van der Waals surface area contributed by atoms with Crippen LogP contribution in [0.2, 0.25) is 5.02 Å². The number of hydrogen-bond acceptors (Lipinski definition) is 2. The molecular weight excluding hydrogens is 188 g/mol. The van der Waals surface area contributed by atoms with Gasteiger partial charge in [0.25, 0.3) is 0 Å². The van der Waals surface area contributed by atoms with Crippen molar-refractivity contribution in [3.63, 3.8) is 0 Å². The van der Waals surface area contributed by atoms with E-state index in [0.717, 1.165) is 11.3 Å². The standard InChI is InChI=1S/C10H11ClO2/c1-6-4-9(12)8-5-7(11)2-3-10(8)13-6/h2-3,5-6,9,12H,4H2,1H3/t6-,9+/m0/s1. The van der Waals surface area contributed by atoms with E-state index in [2.05, 4.69) is 0 Å². The van der Waals surface area contributed by atoms with Gasteiger partial charge in [0.1, 0.15) is 5.75 Å². The minimum atomic E-state index is -0.447. The average molecular weight is 199 g/mol. The molecule has 0 saturated carbocycles. The van der Waals surface area contributed by atoms with Crippen molar-refractivity contribution >= 4 is 11.6 Å². The maximum Gasteiger partial charge on any atom is 0.125 e. The third-order valence-electron chi connectivity index (χ3n) is 2.21. The van der Waals surface area contributed by atoms with Gasteiger partial charge in [-0.05, 0) is 25.1 Å². The summed E-state index contributed by atoms with van der Waals surface area (Å²) in [5.41, 5.74) is 0.797. The molecule has 1 aliphatic rings. The Kier molecular flexibility index (Phi) is 2.18. The predicted octanol–water partition coefficient (Wildman–Crippen LogP) is 2.54. The van der Waals surface area contributed by atoms with Gasteiger partial charge in [-0.25, -0.2) is 0 Å². The molecule has 2 nitrogen and oxygen atoms in total. The van der Waals surface area contributed by atoms with E-state index in [1.54, 1.807) is 18.2 Å². The molecule has 70 valence electrons. The highest BCUT2D eigenvalue weighted by Gasteiger charge is 2.23. The van der Waals surface area contributed by atoms with Gasteiger partial charge in [0.05, 0.1) is 12.2 Å². The average Bonchev–Trinajstić information content (AvgIpc) is 2.06. The Balaban J connectivity index is 2.43. The van der Waals surface area contributed by atoms with Crippen LogP contribution in [0.4, 0.5) is 0 Å². The van der Waals surface area contributed by atoms with E-state index in [-0.39, 0.29) is 6.10 Å². The molecule has 3 heteroatoms. The zero-order chi connectivity index (χ0) is 9.42. The van der Waals surface area contributed by atoms with Gasteiger partial charge in [-0.1, -0.05) is 11.6 Å². The maximum absolute atomic E-state index is 9.72. The summed E-state index contributed by atoms with van der Waals surface area (Å²) in [6.07, 6.45) is 0.258. The number of hydrogen-bond donors (Lipinski definition) is 1. The Morgan fingerprint density at radius 2 is 2.31 bits per heavy atom. The summed E-state index contributed by atoms with van der Waals surface area (Å²) in [4.78, 5) is 0. The van der Waals surface area contributed by atoms with Crippen LogP contribution in [-0.4, -0.2) is 11.2 Å². The summed E-state index contributed by atoms with van der Waals surface area (Å²) >= 11 is 5.81. The summed E-state index contributed by atoms with van der Waals surface area (Å²) in [5.74, 6) is 0.746. The van der Waals surface area contributed by atoms with Crippen molar-refractivity contribution in [1.29, 1.82) is 0 Å². The van der Waals surface area contributed by atoms with Crippen molar-refractivity contribution in [2.24, 2.45) is 0 Å². The van der Waals surface area contributed by atoms with Crippen LogP contribution in [0.1, 0.15) is 25.0 Å². The molecule has 0 saturated heterocycles. The third kappa shape index (κ3) is 1.64. The zero-order valence-corrected chi connectivity index (χ0v) is 8.08. The van der Waals surface area contributed by atoms with Gasteiger partial charge in [-0.15, -0.1) is 0 Å². The molecular formula is C10H11ClO2. The lowest BCUT2D eigenvalue weighted by Gasteiger charge is -2.27. The van der Waals surface area contributed by atoms with E-state index in [0.29, 0.717) is 11.4 Å². The van der Waals surface area contributed by atoms with Crippen LogP contribution in [-0.2, 0) is 0 Å². The predicted molar refractivity (Wildman–Crippen MR) is 51.1 cm³/mol. The van der Waals surface area contributed by atoms with Gasteiger partial charge in [-0.3, -0.25) is 0 Å². The van der Waals surface area contributed by atoms with Crippen LogP contribution < -0.4 is 4.74 Å². The second-order valence-electron chi connectivity index (χ2n) is 3.36. The summed E-state index contributed by atoms with van der Waals surface area (Å²) in [6.45, 7) is 1.95. The highest BCUT2D eigenvalue weighted by molar-refractivity contribution is 6.30. The van der Waals surface area contributed by atoms with Gasteiger partial charge in [0.15, 0.2) is 0 Å². The third-order valence-corrected chi connectivity index (χ3v) is 2.45. The van der Waals surface area contributed by atoms with Crippen molar-refractivity contribution < 1.29 is 9.84 Å². The molecule has 1 aliphatic heterocycles. The number of halogens is 1. The number of ether oxygens (including phenoxy) is 1. The highest BCUT2D eigenvalue weighted by atomic mass is 35.5. The quantitative estimate of drug-likeness (QED) is 0.694. The summed E-state index contributed by atoms with van der Waals surface area (Å²) < 4.78 is 5.54. The van der Waals surface area contributed by atoms with E-state index in [1.807, 2.05) is 6.92 Å². The number of aliphatic hydroxyl groups excluding tert-OH is 1. The van der Waals surface area contributed by atoms with Crippen molar-refractivity contribution in [1.82, 2.24) is 0 Å². The first kappa shape index (κ1) is 8.85. The monoisotopic (exact) mass is 198 g/mol.